The molecule has 0 atom stereocenters. The van der Waals surface area contributed by atoms with Crippen molar-refractivity contribution in [2.45, 2.75) is 19.3 Å². The first-order valence-corrected chi connectivity index (χ1v) is 7.02. The van der Waals surface area contributed by atoms with Crippen LogP contribution in [-0.2, 0) is 4.74 Å². The lowest BCUT2D eigenvalue weighted by molar-refractivity contribution is 0.122. The Balaban J connectivity index is 1.84. The second-order valence-electron chi connectivity index (χ2n) is 5.07. The molecule has 1 aromatic rings. The number of H-pyrrole nitrogens is 1. The van der Waals surface area contributed by atoms with Gasteiger partial charge < -0.3 is 14.5 Å². The number of morpholine rings is 1. The van der Waals surface area contributed by atoms with E-state index >= 15 is 0 Å². The van der Waals surface area contributed by atoms with E-state index in [1.807, 2.05) is 0 Å². The number of ether oxygens (including phenoxy) is 1. The summed E-state index contributed by atoms with van der Waals surface area (Å²) >= 11 is 0. The van der Waals surface area contributed by atoms with Gasteiger partial charge in [-0.15, -0.1) is 0 Å². The standard InChI is InChI=1S/C13H20N4O2/c18-12-10-11(16-6-8-19-9-7-16)14-13(15-12)17-4-2-1-3-5-17/h10H,1-9H2,(H,14,15,18). The highest BCUT2D eigenvalue weighted by Gasteiger charge is 2.17. The number of piperidine rings is 1. The minimum absolute atomic E-state index is 0.0722. The van der Waals surface area contributed by atoms with Crippen molar-refractivity contribution in [1.82, 2.24) is 9.97 Å². The van der Waals surface area contributed by atoms with Gasteiger partial charge in [0.2, 0.25) is 5.95 Å². The number of nitrogens with one attached hydrogen (secondary N) is 1. The topological polar surface area (TPSA) is 61.5 Å². The third-order valence-corrected chi connectivity index (χ3v) is 3.71. The maximum atomic E-state index is 11.8. The van der Waals surface area contributed by atoms with Crippen LogP contribution in [0.4, 0.5) is 11.8 Å². The van der Waals surface area contributed by atoms with E-state index in [1.165, 1.54) is 19.3 Å². The third-order valence-electron chi connectivity index (χ3n) is 3.71. The van der Waals surface area contributed by atoms with Gasteiger partial charge in [0.15, 0.2) is 0 Å². The van der Waals surface area contributed by atoms with Gasteiger partial charge in [-0.05, 0) is 19.3 Å². The van der Waals surface area contributed by atoms with Gasteiger partial charge in [-0.25, -0.2) is 0 Å². The Morgan fingerprint density at radius 3 is 2.53 bits per heavy atom. The number of anilines is 2. The fraction of sp³-hybridized carbons (Fsp3) is 0.692. The second kappa shape index (κ2) is 5.61. The van der Waals surface area contributed by atoms with Crippen molar-refractivity contribution in [3.63, 3.8) is 0 Å². The average Bonchev–Trinajstić information content (AvgIpc) is 2.48. The lowest BCUT2D eigenvalue weighted by Gasteiger charge is -2.30. The van der Waals surface area contributed by atoms with E-state index in [9.17, 15) is 4.79 Å². The summed E-state index contributed by atoms with van der Waals surface area (Å²) in [5.41, 5.74) is -0.0722. The molecule has 0 radical (unpaired) electrons. The van der Waals surface area contributed by atoms with Crippen molar-refractivity contribution < 1.29 is 4.74 Å². The Hall–Kier alpha value is -1.56. The zero-order valence-corrected chi connectivity index (χ0v) is 11.1. The predicted octanol–water partition coefficient (Wildman–Crippen LogP) is 0.597. The monoisotopic (exact) mass is 264 g/mol. The molecule has 1 N–H and O–H groups in total. The first-order valence-electron chi connectivity index (χ1n) is 7.02. The van der Waals surface area contributed by atoms with E-state index in [1.54, 1.807) is 6.07 Å². The molecule has 2 aliphatic heterocycles. The maximum absolute atomic E-state index is 11.8. The van der Waals surface area contributed by atoms with E-state index in [0.717, 1.165) is 32.0 Å². The van der Waals surface area contributed by atoms with Gasteiger partial charge in [-0.1, -0.05) is 0 Å². The molecule has 0 spiro atoms. The third kappa shape index (κ3) is 2.89. The summed E-state index contributed by atoms with van der Waals surface area (Å²) in [5.74, 6) is 1.49. The maximum Gasteiger partial charge on any atom is 0.254 e. The number of nitrogens with zero attached hydrogens (tertiary/aromatic N) is 3. The SMILES string of the molecule is O=c1cc(N2CCOCC2)nc(N2CCCCC2)[nH]1. The Kier molecular flexibility index (Phi) is 3.68. The summed E-state index contributed by atoms with van der Waals surface area (Å²) in [5, 5.41) is 0. The zero-order chi connectivity index (χ0) is 13.1. The number of hydrogen-bond acceptors (Lipinski definition) is 5. The van der Waals surface area contributed by atoms with Crippen LogP contribution in [-0.4, -0.2) is 49.4 Å². The molecule has 104 valence electrons. The fourth-order valence-corrected chi connectivity index (χ4v) is 2.64. The lowest BCUT2D eigenvalue weighted by Crippen LogP contribution is -2.38. The van der Waals surface area contributed by atoms with Crippen molar-refractivity contribution in [2.24, 2.45) is 0 Å². The van der Waals surface area contributed by atoms with Crippen LogP contribution in [0.2, 0.25) is 0 Å². The van der Waals surface area contributed by atoms with Crippen molar-refractivity contribution in [3.05, 3.63) is 16.4 Å². The van der Waals surface area contributed by atoms with Crippen molar-refractivity contribution in [1.29, 1.82) is 0 Å². The Morgan fingerprint density at radius 2 is 1.79 bits per heavy atom. The molecule has 2 saturated heterocycles. The Bertz CT molecular complexity index is 437. The van der Waals surface area contributed by atoms with E-state index in [0.29, 0.717) is 19.2 Å². The van der Waals surface area contributed by atoms with Gasteiger partial charge in [0.1, 0.15) is 5.82 Å². The highest BCUT2D eigenvalue weighted by atomic mass is 16.5. The van der Waals surface area contributed by atoms with Crippen molar-refractivity contribution >= 4 is 11.8 Å². The molecule has 2 fully saturated rings. The number of rotatable bonds is 2. The minimum Gasteiger partial charge on any atom is -0.378 e. The van der Waals surface area contributed by atoms with E-state index < -0.39 is 0 Å². The molecule has 0 unspecified atom stereocenters. The zero-order valence-electron chi connectivity index (χ0n) is 11.1. The summed E-state index contributed by atoms with van der Waals surface area (Å²) in [6, 6.07) is 1.58. The molecule has 2 aliphatic rings. The van der Waals surface area contributed by atoms with E-state index in [2.05, 4.69) is 19.8 Å². The molecule has 0 aliphatic carbocycles. The quantitative estimate of drug-likeness (QED) is 0.847. The number of aromatic nitrogens is 2. The van der Waals surface area contributed by atoms with Gasteiger partial charge in [0.25, 0.3) is 5.56 Å². The summed E-state index contributed by atoms with van der Waals surface area (Å²) in [6.07, 6.45) is 3.61. The van der Waals surface area contributed by atoms with Gasteiger partial charge in [-0.2, -0.15) is 4.98 Å². The Labute approximate surface area is 112 Å². The largest absolute Gasteiger partial charge is 0.378 e. The molecular weight excluding hydrogens is 244 g/mol. The molecule has 3 rings (SSSR count). The highest BCUT2D eigenvalue weighted by Crippen LogP contribution is 2.18. The molecule has 0 amide bonds. The average molecular weight is 264 g/mol. The van der Waals surface area contributed by atoms with Crippen molar-refractivity contribution in [2.75, 3.05) is 49.2 Å². The lowest BCUT2D eigenvalue weighted by atomic mass is 10.1. The Morgan fingerprint density at radius 1 is 1.05 bits per heavy atom. The number of aromatic amines is 1. The summed E-state index contributed by atoms with van der Waals surface area (Å²) in [4.78, 5) is 23.6. The number of hydrogen-bond donors (Lipinski definition) is 1. The molecule has 0 bridgehead atoms. The first kappa shape index (κ1) is 12.5. The van der Waals surface area contributed by atoms with Crippen LogP contribution < -0.4 is 15.4 Å². The second-order valence-corrected chi connectivity index (χ2v) is 5.07. The van der Waals surface area contributed by atoms with Crippen LogP contribution in [0.5, 0.6) is 0 Å². The van der Waals surface area contributed by atoms with Gasteiger partial charge in [0.05, 0.1) is 13.2 Å². The molecule has 0 saturated carbocycles. The summed E-state index contributed by atoms with van der Waals surface area (Å²) < 4.78 is 5.33. The predicted molar refractivity (Wildman–Crippen MR) is 74.0 cm³/mol. The van der Waals surface area contributed by atoms with Gasteiger partial charge in [-0.3, -0.25) is 9.78 Å². The summed E-state index contributed by atoms with van der Waals surface area (Å²) in [6.45, 7) is 4.97. The van der Waals surface area contributed by atoms with Gasteiger partial charge >= 0.3 is 0 Å². The highest BCUT2D eigenvalue weighted by molar-refractivity contribution is 5.44. The van der Waals surface area contributed by atoms with Crippen LogP contribution in [0, 0.1) is 0 Å². The van der Waals surface area contributed by atoms with Crippen molar-refractivity contribution in [3.8, 4) is 0 Å². The van der Waals surface area contributed by atoms with Crippen LogP contribution in [0.15, 0.2) is 10.9 Å². The van der Waals surface area contributed by atoms with Crippen LogP contribution >= 0.6 is 0 Å². The smallest absolute Gasteiger partial charge is 0.254 e. The fourth-order valence-electron chi connectivity index (χ4n) is 2.64. The van der Waals surface area contributed by atoms with Crippen LogP contribution in [0.25, 0.3) is 0 Å². The van der Waals surface area contributed by atoms with E-state index in [4.69, 9.17) is 4.74 Å². The van der Waals surface area contributed by atoms with Crippen LogP contribution in [0.3, 0.4) is 0 Å². The molecule has 19 heavy (non-hydrogen) atoms. The van der Waals surface area contributed by atoms with Crippen LogP contribution in [0.1, 0.15) is 19.3 Å². The molecule has 6 heteroatoms. The molecule has 3 heterocycles. The normalized spacial score (nSPS) is 20.6. The molecule has 6 nitrogen and oxygen atoms in total. The summed E-state index contributed by atoms with van der Waals surface area (Å²) in [7, 11) is 0. The molecule has 0 aromatic carbocycles. The minimum atomic E-state index is -0.0722. The first-order chi connectivity index (χ1) is 9.33. The molecular formula is C13H20N4O2. The molecule has 1 aromatic heterocycles. The van der Waals surface area contributed by atoms with E-state index in [-0.39, 0.29) is 5.56 Å². The van der Waals surface area contributed by atoms with Gasteiger partial charge in [0, 0.05) is 32.2 Å².